The van der Waals surface area contributed by atoms with Gasteiger partial charge in [-0.05, 0) is 19.2 Å². The molecule has 25 heavy (non-hydrogen) atoms. The molecule has 0 unspecified atom stereocenters. The van der Waals surface area contributed by atoms with Crippen LogP contribution >= 0.6 is 0 Å². The van der Waals surface area contributed by atoms with E-state index in [0.29, 0.717) is 18.9 Å². The van der Waals surface area contributed by atoms with Crippen LogP contribution in [-0.2, 0) is 0 Å². The van der Waals surface area contributed by atoms with Gasteiger partial charge >= 0.3 is 5.69 Å². The van der Waals surface area contributed by atoms with E-state index < -0.39 is 4.92 Å². The van der Waals surface area contributed by atoms with Gasteiger partial charge in [0.05, 0.1) is 16.0 Å². The number of nitrogens with zero attached hydrogens (tertiary/aromatic N) is 7. The smallest absolute Gasteiger partial charge is 0.348 e. The number of para-hydroxylation sites is 2. The molecule has 0 aliphatic carbocycles. The SMILES string of the molecule is CN1CCN(c2ncnc(-n3cnc4ccccc43)c2[N+](=O)[O-])CC1. The van der Waals surface area contributed by atoms with E-state index in [1.165, 1.54) is 6.33 Å². The van der Waals surface area contributed by atoms with E-state index >= 15 is 0 Å². The first-order valence-corrected chi connectivity index (χ1v) is 8.00. The third-order valence-electron chi connectivity index (χ3n) is 4.45. The Morgan fingerprint density at radius 2 is 1.76 bits per heavy atom. The summed E-state index contributed by atoms with van der Waals surface area (Å²) in [5, 5.41) is 11.8. The molecule has 1 aromatic carbocycles. The summed E-state index contributed by atoms with van der Waals surface area (Å²) in [5.41, 5.74) is 1.44. The zero-order valence-electron chi connectivity index (χ0n) is 13.7. The first-order valence-electron chi connectivity index (χ1n) is 8.00. The summed E-state index contributed by atoms with van der Waals surface area (Å²) in [5.74, 6) is 0.600. The van der Waals surface area contributed by atoms with Gasteiger partial charge in [-0.1, -0.05) is 12.1 Å². The lowest BCUT2D eigenvalue weighted by atomic mass is 10.3. The molecule has 4 rings (SSSR count). The van der Waals surface area contributed by atoms with Crippen molar-refractivity contribution in [2.75, 3.05) is 38.1 Å². The Kier molecular flexibility index (Phi) is 3.77. The van der Waals surface area contributed by atoms with E-state index in [2.05, 4.69) is 19.9 Å². The molecule has 9 nitrogen and oxygen atoms in total. The molecule has 9 heteroatoms. The van der Waals surface area contributed by atoms with Crippen molar-refractivity contribution in [2.24, 2.45) is 0 Å². The zero-order valence-corrected chi connectivity index (χ0v) is 13.7. The number of rotatable bonds is 3. The van der Waals surface area contributed by atoms with Crippen LogP contribution < -0.4 is 4.90 Å². The minimum absolute atomic E-state index is 0.0878. The van der Waals surface area contributed by atoms with Gasteiger partial charge in [-0.15, -0.1) is 0 Å². The van der Waals surface area contributed by atoms with Crippen molar-refractivity contribution >= 4 is 22.5 Å². The average molecular weight is 339 g/mol. The largest absolute Gasteiger partial charge is 0.354 e. The number of piperazine rings is 1. The van der Waals surface area contributed by atoms with Gasteiger partial charge < -0.3 is 9.80 Å². The molecule has 2 aromatic heterocycles. The van der Waals surface area contributed by atoms with Gasteiger partial charge in [0.2, 0.25) is 11.6 Å². The maximum absolute atomic E-state index is 11.8. The van der Waals surface area contributed by atoms with Gasteiger partial charge in [0, 0.05) is 26.2 Å². The first-order chi connectivity index (χ1) is 12.1. The summed E-state index contributed by atoms with van der Waals surface area (Å²) in [6, 6.07) is 7.47. The molecule has 0 atom stereocenters. The Hall–Kier alpha value is -3.07. The molecule has 0 bridgehead atoms. The van der Waals surface area contributed by atoms with Gasteiger partial charge in [-0.25, -0.2) is 15.0 Å². The highest BCUT2D eigenvalue weighted by Gasteiger charge is 2.30. The molecule has 3 aromatic rings. The molecule has 0 saturated carbocycles. The number of nitro groups is 1. The molecule has 0 spiro atoms. The van der Waals surface area contributed by atoms with Gasteiger partial charge in [0.1, 0.15) is 12.7 Å². The summed E-state index contributed by atoms with van der Waals surface area (Å²) >= 11 is 0. The van der Waals surface area contributed by atoms with Crippen LogP contribution in [0.3, 0.4) is 0 Å². The maximum atomic E-state index is 11.8. The number of anilines is 1. The minimum atomic E-state index is -0.405. The normalized spacial score (nSPS) is 15.6. The molecule has 0 radical (unpaired) electrons. The Morgan fingerprint density at radius 1 is 1.04 bits per heavy atom. The molecule has 128 valence electrons. The van der Waals surface area contributed by atoms with Gasteiger partial charge in [0.15, 0.2) is 0 Å². The van der Waals surface area contributed by atoms with Gasteiger partial charge in [-0.2, -0.15) is 0 Å². The van der Waals surface area contributed by atoms with Crippen molar-refractivity contribution in [3.05, 3.63) is 47.0 Å². The second-order valence-electron chi connectivity index (χ2n) is 6.02. The van der Waals surface area contributed by atoms with Crippen LogP contribution in [-0.4, -0.2) is 62.6 Å². The molecule has 1 fully saturated rings. The van der Waals surface area contributed by atoms with E-state index in [0.717, 1.165) is 24.1 Å². The lowest BCUT2D eigenvalue weighted by Gasteiger charge is -2.32. The van der Waals surface area contributed by atoms with Crippen LogP contribution in [0.2, 0.25) is 0 Å². The first kappa shape index (κ1) is 15.5. The number of fused-ring (bicyclic) bond motifs is 1. The van der Waals surface area contributed by atoms with Crippen molar-refractivity contribution in [3.63, 3.8) is 0 Å². The molecular weight excluding hydrogens is 322 g/mol. The van der Waals surface area contributed by atoms with Crippen LogP contribution in [0.5, 0.6) is 0 Å². The summed E-state index contributed by atoms with van der Waals surface area (Å²) in [6.07, 6.45) is 2.94. The van der Waals surface area contributed by atoms with E-state index in [-0.39, 0.29) is 11.5 Å². The monoisotopic (exact) mass is 339 g/mol. The Labute approximate surface area is 143 Å². The molecule has 3 heterocycles. The van der Waals surface area contributed by atoms with Crippen LogP contribution in [0.25, 0.3) is 16.9 Å². The van der Waals surface area contributed by atoms with Gasteiger partial charge in [-0.3, -0.25) is 14.7 Å². The Morgan fingerprint density at radius 3 is 2.52 bits per heavy atom. The van der Waals surface area contributed by atoms with Crippen LogP contribution in [0, 0.1) is 10.1 Å². The summed E-state index contributed by atoms with van der Waals surface area (Å²) < 4.78 is 1.65. The number of likely N-dealkylation sites (N-methyl/N-ethyl adjacent to an activating group) is 1. The topological polar surface area (TPSA) is 93.2 Å². The lowest BCUT2D eigenvalue weighted by molar-refractivity contribution is -0.384. The summed E-state index contributed by atoms with van der Waals surface area (Å²) in [4.78, 5) is 28.3. The van der Waals surface area contributed by atoms with Crippen molar-refractivity contribution in [3.8, 4) is 5.82 Å². The van der Waals surface area contributed by atoms with E-state index in [4.69, 9.17) is 0 Å². The second-order valence-corrected chi connectivity index (χ2v) is 6.02. The highest BCUT2D eigenvalue weighted by atomic mass is 16.6. The zero-order chi connectivity index (χ0) is 17.4. The van der Waals surface area contributed by atoms with Crippen LogP contribution in [0.4, 0.5) is 11.5 Å². The van der Waals surface area contributed by atoms with Crippen molar-refractivity contribution in [1.82, 2.24) is 24.4 Å². The van der Waals surface area contributed by atoms with Gasteiger partial charge in [0.25, 0.3) is 0 Å². The average Bonchev–Trinajstić information content (AvgIpc) is 3.05. The molecule has 1 saturated heterocycles. The lowest BCUT2D eigenvalue weighted by Crippen LogP contribution is -2.45. The highest BCUT2D eigenvalue weighted by Crippen LogP contribution is 2.32. The maximum Gasteiger partial charge on any atom is 0.354 e. The fourth-order valence-electron chi connectivity index (χ4n) is 3.08. The Balaban J connectivity index is 1.86. The Bertz CT molecular complexity index is 931. The minimum Gasteiger partial charge on any atom is -0.348 e. The quantitative estimate of drug-likeness (QED) is 0.527. The van der Waals surface area contributed by atoms with Crippen molar-refractivity contribution in [1.29, 1.82) is 0 Å². The van der Waals surface area contributed by atoms with Crippen LogP contribution in [0.1, 0.15) is 0 Å². The predicted octanol–water partition coefficient (Wildman–Crippen LogP) is 1.48. The molecule has 0 N–H and O–H groups in total. The summed E-state index contributed by atoms with van der Waals surface area (Å²) in [6.45, 7) is 3.06. The molecule has 1 aliphatic heterocycles. The number of imidazole rings is 1. The third kappa shape index (κ3) is 2.68. The molecular formula is C16H17N7O2. The predicted molar refractivity (Wildman–Crippen MR) is 93.0 cm³/mol. The highest BCUT2D eigenvalue weighted by molar-refractivity contribution is 5.79. The van der Waals surface area contributed by atoms with Crippen LogP contribution in [0.15, 0.2) is 36.9 Å². The fourth-order valence-corrected chi connectivity index (χ4v) is 3.08. The van der Waals surface area contributed by atoms with E-state index in [9.17, 15) is 10.1 Å². The third-order valence-corrected chi connectivity index (χ3v) is 4.45. The number of hydrogen-bond acceptors (Lipinski definition) is 7. The standard InChI is InChI=1S/C16H17N7O2/c1-20-6-8-21(9-7-20)15-14(23(24)25)16(18-10-17-15)22-11-19-12-4-2-3-5-13(12)22/h2-5,10-11H,6-9H2,1H3. The summed E-state index contributed by atoms with van der Waals surface area (Å²) in [7, 11) is 2.04. The molecule has 1 aliphatic rings. The van der Waals surface area contributed by atoms with E-state index in [1.54, 1.807) is 10.9 Å². The number of benzene rings is 1. The molecule has 0 amide bonds. The fraction of sp³-hybridized carbons (Fsp3) is 0.312. The van der Waals surface area contributed by atoms with Crippen molar-refractivity contribution in [2.45, 2.75) is 0 Å². The number of hydrogen-bond donors (Lipinski definition) is 0. The number of aromatic nitrogens is 4. The second kappa shape index (κ2) is 6.10. The van der Waals surface area contributed by atoms with Crippen molar-refractivity contribution < 1.29 is 4.92 Å². The van der Waals surface area contributed by atoms with E-state index in [1.807, 2.05) is 36.2 Å².